The SMILES string of the molecule is CN(C)POc1ccc2ccccc2c1-c1c(O)ccc2ccccc12. The summed E-state index contributed by atoms with van der Waals surface area (Å²) in [5.74, 6) is 1.04. The van der Waals surface area contributed by atoms with Gasteiger partial charge in [-0.3, -0.25) is 4.67 Å². The Morgan fingerprint density at radius 2 is 1.31 bits per heavy atom. The molecule has 0 saturated heterocycles. The van der Waals surface area contributed by atoms with E-state index in [1.165, 1.54) is 0 Å². The minimum absolute atomic E-state index is 0.204. The van der Waals surface area contributed by atoms with E-state index < -0.39 is 0 Å². The monoisotopic (exact) mass is 361 g/mol. The van der Waals surface area contributed by atoms with Gasteiger partial charge in [-0.2, -0.15) is 0 Å². The molecular formula is C22H20NO2P. The molecular weight excluding hydrogens is 341 g/mol. The predicted octanol–water partition coefficient (Wildman–Crippen LogP) is 5.81. The number of hydrogen-bond acceptors (Lipinski definition) is 3. The van der Waals surface area contributed by atoms with Gasteiger partial charge in [-0.1, -0.05) is 60.7 Å². The van der Waals surface area contributed by atoms with E-state index in [2.05, 4.69) is 24.3 Å². The number of fused-ring (bicyclic) bond motifs is 2. The molecule has 130 valence electrons. The number of rotatable bonds is 4. The molecule has 4 heteroatoms. The van der Waals surface area contributed by atoms with Crippen molar-refractivity contribution in [1.29, 1.82) is 0 Å². The number of nitrogens with zero attached hydrogens (tertiary/aromatic N) is 1. The van der Waals surface area contributed by atoms with Crippen molar-refractivity contribution >= 4 is 30.5 Å². The van der Waals surface area contributed by atoms with Crippen LogP contribution in [0.15, 0.2) is 72.8 Å². The van der Waals surface area contributed by atoms with Crippen LogP contribution in [-0.4, -0.2) is 23.9 Å². The van der Waals surface area contributed by atoms with Gasteiger partial charge in [0, 0.05) is 11.1 Å². The fourth-order valence-electron chi connectivity index (χ4n) is 3.26. The second-order valence-corrected chi connectivity index (χ2v) is 7.71. The van der Waals surface area contributed by atoms with Gasteiger partial charge in [0.1, 0.15) is 20.5 Å². The second kappa shape index (κ2) is 6.95. The van der Waals surface area contributed by atoms with E-state index in [0.717, 1.165) is 38.4 Å². The van der Waals surface area contributed by atoms with Crippen LogP contribution in [0, 0.1) is 0 Å². The first-order valence-corrected chi connectivity index (χ1v) is 9.33. The summed E-state index contributed by atoms with van der Waals surface area (Å²) in [6.07, 6.45) is 0. The van der Waals surface area contributed by atoms with E-state index in [1.807, 2.05) is 61.2 Å². The minimum Gasteiger partial charge on any atom is -0.507 e. The number of phenols is 1. The molecule has 0 spiro atoms. The van der Waals surface area contributed by atoms with Crippen molar-refractivity contribution in [2.75, 3.05) is 14.1 Å². The average molecular weight is 361 g/mol. The lowest BCUT2D eigenvalue weighted by Crippen LogP contribution is -2.00. The van der Waals surface area contributed by atoms with Crippen molar-refractivity contribution in [3.05, 3.63) is 72.8 Å². The molecule has 0 saturated carbocycles. The lowest BCUT2D eigenvalue weighted by Gasteiger charge is -2.18. The molecule has 0 aliphatic carbocycles. The third kappa shape index (κ3) is 3.01. The van der Waals surface area contributed by atoms with Gasteiger partial charge in [-0.05, 0) is 47.8 Å². The molecule has 0 radical (unpaired) electrons. The maximum Gasteiger partial charge on any atom is 0.148 e. The minimum atomic E-state index is 0.204. The first-order valence-electron chi connectivity index (χ1n) is 8.48. The smallest absolute Gasteiger partial charge is 0.148 e. The Labute approximate surface area is 154 Å². The molecule has 0 aliphatic rings. The summed E-state index contributed by atoms with van der Waals surface area (Å²) in [6.45, 7) is 0. The largest absolute Gasteiger partial charge is 0.507 e. The van der Waals surface area contributed by atoms with Crippen molar-refractivity contribution in [1.82, 2.24) is 4.67 Å². The van der Waals surface area contributed by atoms with Gasteiger partial charge in [0.2, 0.25) is 0 Å². The average Bonchev–Trinajstić information content (AvgIpc) is 2.66. The first kappa shape index (κ1) is 16.8. The summed E-state index contributed by atoms with van der Waals surface area (Å²) in [5.41, 5.74) is 1.75. The zero-order chi connectivity index (χ0) is 18.1. The number of benzene rings is 4. The van der Waals surface area contributed by atoms with Gasteiger partial charge < -0.3 is 9.63 Å². The van der Waals surface area contributed by atoms with Crippen LogP contribution in [0.1, 0.15) is 0 Å². The third-order valence-electron chi connectivity index (χ3n) is 4.39. The van der Waals surface area contributed by atoms with Crippen molar-refractivity contribution in [2.24, 2.45) is 0 Å². The highest BCUT2D eigenvalue weighted by molar-refractivity contribution is 7.29. The first-order chi connectivity index (χ1) is 12.6. The van der Waals surface area contributed by atoms with Crippen molar-refractivity contribution in [2.45, 2.75) is 0 Å². The van der Waals surface area contributed by atoms with Crippen LogP contribution in [0.25, 0.3) is 32.7 Å². The maximum atomic E-state index is 10.8. The Bertz CT molecular complexity index is 1090. The van der Waals surface area contributed by atoms with Crippen molar-refractivity contribution in [3.63, 3.8) is 0 Å². The summed E-state index contributed by atoms with van der Waals surface area (Å²) in [7, 11) is 4.17. The topological polar surface area (TPSA) is 32.7 Å². The Balaban J connectivity index is 2.07. The summed E-state index contributed by atoms with van der Waals surface area (Å²) in [6, 6.07) is 24.1. The number of phenolic OH excluding ortho intramolecular Hbond substituents is 1. The fourth-order valence-corrected chi connectivity index (χ4v) is 3.71. The highest BCUT2D eigenvalue weighted by atomic mass is 31.1. The van der Waals surface area contributed by atoms with Crippen LogP contribution in [0.2, 0.25) is 0 Å². The molecule has 0 amide bonds. The van der Waals surface area contributed by atoms with Crippen LogP contribution < -0.4 is 4.52 Å². The normalized spacial score (nSPS) is 11.8. The zero-order valence-electron chi connectivity index (χ0n) is 14.7. The van der Waals surface area contributed by atoms with E-state index >= 15 is 0 Å². The van der Waals surface area contributed by atoms with Gasteiger partial charge in [0.05, 0.1) is 0 Å². The van der Waals surface area contributed by atoms with Gasteiger partial charge >= 0.3 is 0 Å². The van der Waals surface area contributed by atoms with Crippen LogP contribution in [-0.2, 0) is 0 Å². The van der Waals surface area contributed by atoms with Gasteiger partial charge in [0.25, 0.3) is 0 Å². The number of aromatic hydroxyl groups is 1. The van der Waals surface area contributed by atoms with E-state index in [1.54, 1.807) is 6.07 Å². The van der Waals surface area contributed by atoms with Gasteiger partial charge in [-0.15, -0.1) is 0 Å². The summed E-state index contributed by atoms with van der Waals surface area (Å²) < 4.78 is 8.11. The second-order valence-electron chi connectivity index (χ2n) is 6.43. The third-order valence-corrected chi connectivity index (χ3v) is 5.06. The molecule has 4 aromatic rings. The van der Waals surface area contributed by atoms with Crippen LogP contribution >= 0.6 is 8.96 Å². The highest BCUT2D eigenvalue weighted by Crippen LogP contribution is 2.46. The van der Waals surface area contributed by atoms with E-state index in [-0.39, 0.29) is 14.7 Å². The molecule has 1 N–H and O–H groups in total. The van der Waals surface area contributed by atoms with E-state index in [0.29, 0.717) is 0 Å². The van der Waals surface area contributed by atoms with E-state index in [9.17, 15) is 5.11 Å². The van der Waals surface area contributed by atoms with E-state index in [4.69, 9.17) is 4.52 Å². The fraction of sp³-hybridized carbons (Fsp3) is 0.0909. The molecule has 4 aromatic carbocycles. The molecule has 0 fully saturated rings. The van der Waals surface area contributed by atoms with Crippen LogP contribution in [0.3, 0.4) is 0 Å². The molecule has 4 rings (SSSR count). The van der Waals surface area contributed by atoms with Gasteiger partial charge in [0.15, 0.2) is 0 Å². The molecule has 26 heavy (non-hydrogen) atoms. The molecule has 0 heterocycles. The molecule has 0 aliphatic heterocycles. The molecule has 1 unspecified atom stereocenters. The van der Waals surface area contributed by atoms with Crippen molar-refractivity contribution in [3.8, 4) is 22.6 Å². The lowest BCUT2D eigenvalue weighted by atomic mass is 9.92. The maximum absolute atomic E-state index is 10.8. The summed E-state index contributed by atoms with van der Waals surface area (Å²) in [5, 5.41) is 15.1. The highest BCUT2D eigenvalue weighted by Gasteiger charge is 2.17. The Morgan fingerprint density at radius 1 is 0.731 bits per heavy atom. The molecule has 3 nitrogen and oxygen atoms in total. The van der Waals surface area contributed by atoms with Gasteiger partial charge in [-0.25, -0.2) is 0 Å². The quantitative estimate of drug-likeness (QED) is 0.465. The zero-order valence-corrected chi connectivity index (χ0v) is 15.7. The summed E-state index contributed by atoms with van der Waals surface area (Å²) >= 11 is 0. The molecule has 0 aromatic heterocycles. The Hall–Kier alpha value is -2.61. The predicted molar refractivity (Wildman–Crippen MR) is 111 cm³/mol. The van der Waals surface area contributed by atoms with Crippen LogP contribution in [0.4, 0.5) is 0 Å². The Morgan fingerprint density at radius 3 is 1.96 bits per heavy atom. The Kier molecular flexibility index (Phi) is 4.50. The van der Waals surface area contributed by atoms with Crippen LogP contribution in [0.5, 0.6) is 11.5 Å². The molecule has 1 atom stereocenters. The standard InChI is InChI=1S/C22H20NO2P/c1-23(2)26-25-20-14-12-16-8-4-6-10-18(16)22(20)21-17-9-5-3-7-15(17)11-13-19(21)24/h3-14,24,26H,1-2H3. The number of hydrogen-bond donors (Lipinski definition) is 1. The lowest BCUT2D eigenvalue weighted by molar-refractivity contribution is 0.477. The molecule has 0 bridgehead atoms. The summed E-state index contributed by atoms with van der Waals surface area (Å²) in [4.78, 5) is 0. The van der Waals surface area contributed by atoms with Crippen molar-refractivity contribution < 1.29 is 9.63 Å².